The fourth-order valence-corrected chi connectivity index (χ4v) is 19.9. The molecule has 0 aromatic carbocycles. The average Bonchev–Trinajstić information content (AvgIpc) is 3.79. The van der Waals surface area contributed by atoms with E-state index in [4.69, 9.17) is 9.11 Å². The topological polar surface area (TPSA) is 248 Å². The largest absolute Gasteiger partial charge is 0.393 e. The maximum absolute atomic E-state index is 12.9. The van der Waals surface area contributed by atoms with Crippen LogP contribution >= 0.6 is 0 Å². The minimum Gasteiger partial charge on any atom is -0.393 e. The maximum Gasteiger partial charge on any atom is 0.266 e. The van der Waals surface area contributed by atoms with Crippen molar-refractivity contribution in [3.63, 3.8) is 0 Å². The SMILES string of the molecule is C[C@@H](CCC(=O)NCCS(=O)(=O)O)[C@H]1CC[C@@H]2[C@H]3[C@H](O)CC4CC(O)(C5(O)CC[C@@]6(C)C(C[C@H](O)[C@H]7[C@@H]8CC[C@H]([C@@H](C)CCC(=O)NCCS(=O)(=O)O)[C@@]8(C)CC[C@@H]76)C5)CC[C@@]4(C)[C@@H]3CC[C@]21C. The van der Waals surface area contributed by atoms with Crippen LogP contribution in [0.5, 0.6) is 0 Å². The van der Waals surface area contributed by atoms with Crippen LogP contribution in [0.2, 0.25) is 0 Å². The molecule has 390 valence electrons. The lowest BCUT2D eigenvalue weighted by Gasteiger charge is -2.67. The van der Waals surface area contributed by atoms with Crippen molar-refractivity contribution in [2.24, 2.45) is 92.7 Å². The van der Waals surface area contributed by atoms with Crippen molar-refractivity contribution >= 4 is 32.1 Å². The third kappa shape index (κ3) is 9.53. The van der Waals surface area contributed by atoms with E-state index in [1.807, 2.05) is 0 Å². The van der Waals surface area contributed by atoms with Crippen molar-refractivity contribution in [3.8, 4) is 0 Å². The third-order valence-electron chi connectivity index (χ3n) is 22.9. The first-order valence-electron chi connectivity index (χ1n) is 26.8. The van der Waals surface area contributed by atoms with E-state index in [0.717, 1.165) is 64.2 Å². The van der Waals surface area contributed by atoms with E-state index in [2.05, 4.69) is 52.2 Å². The molecular formula is C52H88N2O12S2. The number of hydrogen-bond acceptors (Lipinski definition) is 10. The van der Waals surface area contributed by atoms with Gasteiger partial charge in [-0.15, -0.1) is 0 Å². The molecule has 2 amide bonds. The van der Waals surface area contributed by atoms with Crippen LogP contribution in [-0.4, -0.2) is 106 Å². The lowest BCUT2D eigenvalue weighted by atomic mass is 9.40. The fourth-order valence-electron chi connectivity index (χ4n) is 19.2. The van der Waals surface area contributed by atoms with E-state index in [1.165, 1.54) is 0 Å². The van der Waals surface area contributed by atoms with Crippen molar-refractivity contribution < 1.29 is 56.0 Å². The molecule has 20 atom stereocenters. The molecule has 0 aromatic rings. The molecule has 8 saturated carbocycles. The minimum absolute atomic E-state index is 0.0442. The summed E-state index contributed by atoms with van der Waals surface area (Å²) >= 11 is 0. The molecule has 0 saturated heterocycles. The molecule has 8 aliphatic rings. The molecule has 0 spiro atoms. The number of fused-ring (bicyclic) bond motifs is 10. The van der Waals surface area contributed by atoms with E-state index in [0.29, 0.717) is 99.7 Å². The number of carbonyl (C=O) groups is 2. The Morgan fingerprint density at radius 2 is 0.897 bits per heavy atom. The first kappa shape index (κ1) is 52.9. The van der Waals surface area contributed by atoms with Gasteiger partial charge in [0.05, 0.1) is 34.9 Å². The number of aliphatic hydroxyl groups excluding tert-OH is 2. The second-order valence-electron chi connectivity index (χ2n) is 25.8. The maximum atomic E-state index is 12.9. The van der Waals surface area contributed by atoms with Gasteiger partial charge in [-0.3, -0.25) is 18.7 Å². The molecular weight excluding hydrogens is 909 g/mol. The summed E-state index contributed by atoms with van der Waals surface area (Å²) < 4.78 is 62.4. The molecule has 8 rings (SSSR count). The van der Waals surface area contributed by atoms with Crippen molar-refractivity contribution in [2.75, 3.05) is 24.6 Å². The summed E-state index contributed by atoms with van der Waals surface area (Å²) in [5, 5.41) is 55.5. The Balaban J connectivity index is 0.882. The zero-order valence-corrected chi connectivity index (χ0v) is 43.6. The van der Waals surface area contributed by atoms with Gasteiger partial charge in [-0.25, -0.2) is 0 Å². The van der Waals surface area contributed by atoms with Crippen LogP contribution in [0.1, 0.15) is 170 Å². The lowest BCUT2D eigenvalue weighted by molar-refractivity contribution is -0.260. The number of nitrogens with one attached hydrogen (secondary N) is 2. The second-order valence-corrected chi connectivity index (χ2v) is 29.0. The van der Waals surface area contributed by atoms with Crippen molar-refractivity contribution in [3.05, 3.63) is 0 Å². The van der Waals surface area contributed by atoms with Crippen LogP contribution in [0, 0.1) is 92.7 Å². The quantitative estimate of drug-likeness (QED) is 0.0815. The molecule has 0 heterocycles. The summed E-state index contributed by atoms with van der Waals surface area (Å²) in [5.74, 6) is 1.92. The van der Waals surface area contributed by atoms with Gasteiger partial charge in [0.15, 0.2) is 0 Å². The number of rotatable bonds is 15. The monoisotopic (exact) mass is 997 g/mol. The Kier molecular flexibility index (Phi) is 14.6. The first-order chi connectivity index (χ1) is 31.6. The third-order valence-corrected chi connectivity index (χ3v) is 24.3. The number of carbonyl (C=O) groups excluding carboxylic acids is 2. The summed E-state index contributed by atoms with van der Waals surface area (Å²) in [6, 6.07) is 0. The molecule has 0 aliphatic heterocycles. The highest BCUT2D eigenvalue weighted by molar-refractivity contribution is 7.86. The summed E-state index contributed by atoms with van der Waals surface area (Å²) in [4.78, 5) is 25.1. The molecule has 8 fully saturated rings. The van der Waals surface area contributed by atoms with Crippen molar-refractivity contribution in [1.29, 1.82) is 0 Å². The predicted molar refractivity (Wildman–Crippen MR) is 259 cm³/mol. The van der Waals surface area contributed by atoms with Crippen LogP contribution in [0.4, 0.5) is 0 Å². The molecule has 14 nitrogen and oxygen atoms in total. The van der Waals surface area contributed by atoms with Crippen LogP contribution < -0.4 is 10.6 Å². The average molecular weight is 997 g/mol. The van der Waals surface area contributed by atoms with Crippen LogP contribution in [0.3, 0.4) is 0 Å². The first-order valence-corrected chi connectivity index (χ1v) is 30.0. The van der Waals surface area contributed by atoms with Gasteiger partial charge in [-0.05, 0) is 208 Å². The summed E-state index contributed by atoms with van der Waals surface area (Å²) in [6.45, 7) is 13.9. The summed E-state index contributed by atoms with van der Waals surface area (Å²) in [6.07, 6.45) is 14.3. The van der Waals surface area contributed by atoms with Crippen molar-refractivity contribution in [2.45, 2.75) is 193 Å². The Hall–Kier alpha value is -1.40. The van der Waals surface area contributed by atoms with Gasteiger partial charge in [-0.2, -0.15) is 16.8 Å². The van der Waals surface area contributed by atoms with E-state index >= 15 is 0 Å². The normalized spacial score (nSPS) is 47.5. The van der Waals surface area contributed by atoms with Gasteiger partial charge in [0.2, 0.25) is 11.8 Å². The van der Waals surface area contributed by atoms with E-state index in [-0.39, 0.29) is 82.1 Å². The molecule has 8 aliphatic carbocycles. The van der Waals surface area contributed by atoms with Crippen LogP contribution in [0.25, 0.3) is 0 Å². The van der Waals surface area contributed by atoms with Crippen LogP contribution in [-0.2, 0) is 29.8 Å². The predicted octanol–water partition coefficient (Wildman–Crippen LogP) is 6.55. The summed E-state index contributed by atoms with van der Waals surface area (Å²) in [5.41, 5.74) is -2.56. The van der Waals surface area contributed by atoms with Crippen molar-refractivity contribution in [1.82, 2.24) is 10.6 Å². The van der Waals surface area contributed by atoms with Gasteiger partial charge in [0.1, 0.15) is 0 Å². The zero-order valence-electron chi connectivity index (χ0n) is 42.0. The van der Waals surface area contributed by atoms with E-state index in [1.54, 1.807) is 0 Å². The highest BCUT2D eigenvalue weighted by Gasteiger charge is 2.69. The molecule has 4 unspecified atom stereocenters. The van der Waals surface area contributed by atoms with Gasteiger partial charge in [0, 0.05) is 25.9 Å². The molecule has 68 heavy (non-hydrogen) atoms. The Morgan fingerprint density at radius 1 is 0.544 bits per heavy atom. The molecule has 16 heteroatoms. The standard InChI is InChI=1S/C52H88N2O12S2/c1-31(7-13-43(57)53-23-25-67(61,62)63)35-9-11-37-45-39(15-17-49(35,37)5)47(3)19-21-51(59,29-33(47)27-41(45)55)52(60)22-20-48(4)34(30-52)28-42(56)46-38-12-10-36(50(38,6)18-16-40(46)48)32(2)8-14-44(58)54-24-26-68(64,65)66/h31-42,45-46,55-56,59-60H,7-30H2,1-6H3,(H,53,57)(H,54,58)(H,61,62,63)(H,64,65,66)/t31-,32-,33?,34?,35+,36+,37-,38+,39-,40+,41-,42+,45-,46+,47-,48+,49+,50-,51?,52?/m0/s1. The highest BCUT2D eigenvalue weighted by atomic mass is 32.2. The summed E-state index contributed by atoms with van der Waals surface area (Å²) in [7, 11) is -8.27. The fraction of sp³-hybridized carbons (Fsp3) is 0.962. The number of amides is 2. The van der Waals surface area contributed by atoms with E-state index in [9.17, 15) is 46.9 Å². The Bertz CT molecular complexity index is 1960. The Labute approximate surface area is 407 Å². The highest BCUT2D eigenvalue weighted by Crippen LogP contribution is 2.72. The Morgan fingerprint density at radius 3 is 1.25 bits per heavy atom. The second kappa shape index (κ2) is 18.8. The molecule has 0 radical (unpaired) electrons. The van der Waals surface area contributed by atoms with E-state index < -0.39 is 55.2 Å². The molecule has 0 bridgehead atoms. The lowest BCUT2D eigenvalue weighted by Crippen LogP contribution is -2.67. The van der Waals surface area contributed by atoms with Gasteiger partial charge >= 0.3 is 0 Å². The minimum atomic E-state index is -4.13. The molecule has 0 aromatic heterocycles. The van der Waals surface area contributed by atoms with Gasteiger partial charge in [0.25, 0.3) is 20.2 Å². The smallest absolute Gasteiger partial charge is 0.266 e. The van der Waals surface area contributed by atoms with Gasteiger partial charge in [-0.1, -0.05) is 41.5 Å². The number of aliphatic hydroxyl groups is 4. The molecule has 8 N–H and O–H groups in total. The number of hydrogen-bond donors (Lipinski definition) is 8. The van der Waals surface area contributed by atoms with Gasteiger partial charge < -0.3 is 31.1 Å². The van der Waals surface area contributed by atoms with Crippen LogP contribution in [0.15, 0.2) is 0 Å². The zero-order chi connectivity index (χ0) is 49.6.